The molecule has 10 nitrogen and oxygen atoms in total. The smallest absolute Gasteiger partial charge is 0.274 e. The van der Waals surface area contributed by atoms with E-state index in [1.165, 1.54) is 6.07 Å². The number of imidazole rings is 1. The first-order chi connectivity index (χ1) is 17.3. The van der Waals surface area contributed by atoms with Gasteiger partial charge >= 0.3 is 0 Å². The van der Waals surface area contributed by atoms with E-state index in [1.807, 2.05) is 37.3 Å². The van der Waals surface area contributed by atoms with Crippen molar-refractivity contribution in [3.63, 3.8) is 0 Å². The summed E-state index contributed by atoms with van der Waals surface area (Å²) in [6.45, 7) is 6.12. The van der Waals surface area contributed by atoms with Crippen LogP contribution in [0, 0.1) is 6.92 Å². The van der Waals surface area contributed by atoms with E-state index in [9.17, 15) is 14.4 Å². The van der Waals surface area contributed by atoms with Gasteiger partial charge in [0.25, 0.3) is 5.91 Å². The lowest BCUT2D eigenvalue weighted by molar-refractivity contribution is -0.137. The number of hydrogen-bond acceptors (Lipinski definition) is 6. The van der Waals surface area contributed by atoms with Crippen LogP contribution in [-0.2, 0) is 9.59 Å². The summed E-state index contributed by atoms with van der Waals surface area (Å²) in [5.41, 5.74) is 1.85. The molecule has 10 heteroatoms. The second-order valence-electron chi connectivity index (χ2n) is 9.26. The number of aryl methyl sites for hydroxylation is 1. The van der Waals surface area contributed by atoms with E-state index in [4.69, 9.17) is 4.52 Å². The first-order valence-corrected chi connectivity index (χ1v) is 12.3. The number of H-pyrrole nitrogens is 1. The topological polar surface area (TPSA) is 133 Å². The Bertz CT molecular complexity index is 1200. The number of likely N-dealkylation sites (tertiary alicyclic amines) is 1. The van der Waals surface area contributed by atoms with Crippen LogP contribution in [0.4, 0.5) is 0 Å². The molecule has 0 aliphatic carbocycles. The fourth-order valence-electron chi connectivity index (χ4n) is 4.38. The van der Waals surface area contributed by atoms with Crippen LogP contribution in [0.15, 0.2) is 47.1 Å². The van der Waals surface area contributed by atoms with E-state index in [0.29, 0.717) is 18.1 Å². The normalized spacial score (nSPS) is 17.3. The van der Waals surface area contributed by atoms with E-state index in [-0.39, 0.29) is 24.1 Å². The third kappa shape index (κ3) is 5.99. The van der Waals surface area contributed by atoms with Crippen LogP contribution in [0.3, 0.4) is 0 Å². The standard InChI is InChI=1S/C26H32N6O4/c1-16-9-7-8-12-32(16)23(33)14-20(30-26(35)21-13-17(2)36-31-21)25(34)28-18(3)24-27-15-22(29-24)19-10-5-4-6-11-19/h4-6,10-11,13,15-16,18,20H,7-9,12,14H2,1-3H3,(H,27,29)(H,28,34)(H,30,35)/t16-,18?,20?/m0/s1. The summed E-state index contributed by atoms with van der Waals surface area (Å²) in [6, 6.07) is 9.75. The Hall–Kier alpha value is -3.95. The summed E-state index contributed by atoms with van der Waals surface area (Å²) in [5, 5.41) is 9.27. The fourth-order valence-corrected chi connectivity index (χ4v) is 4.38. The molecule has 3 amide bonds. The molecular formula is C26H32N6O4. The van der Waals surface area contributed by atoms with Gasteiger partial charge in [-0.25, -0.2) is 4.98 Å². The molecule has 0 radical (unpaired) electrons. The Morgan fingerprint density at radius 3 is 2.67 bits per heavy atom. The summed E-state index contributed by atoms with van der Waals surface area (Å²) in [4.78, 5) is 48.6. The van der Waals surface area contributed by atoms with E-state index in [0.717, 1.165) is 30.5 Å². The molecule has 3 heterocycles. The molecule has 2 unspecified atom stereocenters. The van der Waals surface area contributed by atoms with E-state index in [1.54, 1.807) is 24.9 Å². The maximum Gasteiger partial charge on any atom is 0.274 e. The van der Waals surface area contributed by atoms with Crippen molar-refractivity contribution in [3.8, 4) is 11.3 Å². The number of aromatic amines is 1. The van der Waals surface area contributed by atoms with E-state index >= 15 is 0 Å². The zero-order chi connectivity index (χ0) is 25.7. The Balaban J connectivity index is 1.47. The second kappa shape index (κ2) is 11.2. The van der Waals surface area contributed by atoms with Gasteiger partial charge in [-0.15, -0.1) is 0 Å². The zero-order valence-electron chi connectivity index (χ0n) is 20.8. The highest BCUT2D eigenvalue weighted by atomic mass is 16.5. The number of piperidine rings is 1. The first-order valence-electron chi connectivity index (χ1n) is 12.3. The van der Waals surface area contributed by atoms with Gasteiger partial charge in [-0.05, 0) is 45.6 Å². The van der Waals surface area contributed by atoms with Crippen LogP contribution in [0.25, 0.3) is 11.3 Å². The molecule has 0 bridgehead atoms. The average molecular weight is 493 g/mol. The Labute approximate surface area is 209 Å². The number of nitrogens with zero attached hydrogens (tertiary/aromatic N) is 3. The third-order valence-electron chi connectivity index (χ3n) is 6.43. The van der Waals surface area contributed by atoms with Crippen LogP contribution in [-0.4, -0.2) is 56.4 Å². The quantitative estimate of drug-likeness (QED) is 0.442. The Morgan fingerprint density at radius 2 is 1.97 bits per heavy atom. The molecule has 0 saturated carbocycles. The minimum atomic E-state index is -1.08. The second-order valence-corrected chi connectivity index (χ2v) is 9.26. The number of amides is 3. The molecule has 190 valence electrons. The molecule has 4 rings (SSSR count). The van der Waals surface area contributed by atoms with Gasteiger partial charge in [-0.1, -0.05) is 35.5 Å². The molecule has 3 atom stereocenters. The van der Waals surface area contributed by atoms with Crippen molar-refractivity contribution < 1.29 is 18.9 Å². The van der Waals surface area contributed by atoms with Crippen molar-refractivity contribution in [1.82, 2.24) is 30.7 Å². The van der Waals surface area contributed by atoms with Crippen molar-refractivity contribution >= 4 is 17.7 Å². The van der Waals surface area contributed by atoms with Crippen molar-refractivity contribution in [3.05, 3.63) is 59.9 Å². The zero-order valence-corrected chi connectivity index (χ0v) is 20.8. The van der Waals surface area contributed by atoms with Crippen LogP contribution in [0.5, 0.6) is 0 Å². The largest absolute Gasteiger partial charge is 0.361 e. The van der Waals surface area contributed by atoms with Gasteiger partial charge in [-0.3, -0.25) is 14.4 Å². The highest BCUT2D eigenvalue weighted by molar-refractivity contribution is 5.97. The van der Waals surface area contributed by atoms with E-state index < -0.39 is 23.9 Å². The summed E-state index contributed by atoms with van der Waals surface area (Å²) in [6.07, 6.45) is 4.48. The molecule has 1 fully saturated rings. The fraction of sp³-hybridized carbons (Fsp3) is 0.423. The van der Waals surface area contributed by atoms with Crippen LogP contribution < -0.4 is 10.6 Å². The third-order valence-corrected chi connectivity index (χ3v) is 6.43. The summed E-state index contributed by atoms with van der Waals surface area (Å²) in [7, 11) is 0. The highest BCUT2D eigenvalue weighted by Gasteiger charge is 2.31. The molecule has 1 aliphatic rings. The van der Waals surface area contributed by atoms with E-state index in [2.05, 4.69) is 25.8 Å². The number of carbonyl (C=O) groups excluding carboxylic acids is 3. The number of nitrogens with one attached hydrogen (secondary N) is 3. The number of rotatable bonds is 8. The van der Waals surface area contributed by atoms with Gasteiger partial charge in [0.05, 0.1) is 24.4 Å². The lowest BCUT2D eigenvalue weighted by Gasteiger charge is -2.34. The maximum absolute atomic E-state index is 13.3. The SMILES string of the molecule is Cc1cc(C(=O)NC(CC(=O)N2CCCC[C@@H]2C)C(=O)NC(C)c2ncc(-c3ccccc3)[nH]2)no1. The van der Waals surface area contributed by atoms with Gasteiger partial charge in [0.15, 0.2) is 5.69 Å². The van der Waals surface area contributed by atoms with Gasteiger partial charge in [0.1, 0.15) is 17.6 Å². The Kier molecular flexibility index (Phi) is 7.82. The van der Waals surface area contributed by atoms with Crippen molar-refractivity contribution in [1.29, 1.82) is 0 Å². The summed E-state index contributed by atoms with van der Waals surface area (Å²) < 4.78 is 4.98. The average Bonchev–Trinajstić information content (AvgIpc) is 3.54. The molecule has 3 aromatic rings. The first kappa shape index (κ1) is 25.2. The monoisotopic (exact) mass is 492 g/mol. The molecule has 1 saturated heterocycles. The molecule has 2 aromatic heterocycles. The number of benzene rings is 1. The molecular weight excluding hydrogens is 460 g/mol. The molecule has 1 aromatic carbocycles. The van der Waals surface area contributed by atoms with Crippen LogP contribution >= 0.6 is 0 Å². The number of hydrogen-bond donors (Lipinski definition) is 3. The molecule has 1 aliphatic heterocycles. The summed E-state index contributed by atoms with van der Waals surface area (Å²) >= 11 is 0. The van der Waals surface area contributed by atoms with Gasteiger partial charge < -0.3 is 25.0 Å². The molecule has 0 spiro atoms. The van der Waals surface area contributed by atoms with Crippen molar-refractivity contribution in [2.75, 3.05) is 6.54 Å². The van der Waals surface area contributed by atoms with Crippen LogP contribution in [0.2, 0.25) is 0 Å². The van der Waals surface area contributed by atoms with Gasteiger partial charge in [-0.2, -0.15) is 0 Å². The van der Waals surface area contributed by atoms with Gasteiger partial charge in [0.2, 0.25) is 11.8 Å². The van der Waals surface area contributed by atoms with Crippen LogP contribution in [0.1, 0.15) is 67.6 Å². The lowest BCUT2D eigenvalue weighted by atomic mass is 10.0. The lowest BCUT2D eigenvalue weighted by Crippen LogP contribution is -2.51. The Morgan fingerprint density at radius 1 is 1.19 bits per heavy atom. The highest BCUT2D eigenvalue weighted by Crippen LogP contribution is 2.20. The van der Waals surface area contributed by atoms with Crippen molar-refractivity contribution in [2.24, 2.45) is 0 Å². The number of carbonyl (C=O) groups is 3. The minimum Gasteiger partial charge on any atom is -0.361 e. The number of aromatic nitrogens is 3. The van der Waals surface area contributed by atoms with Gasteiger partial charge in [0, 0.05) is 18.7 Å². The summed E-state index contributed by atoms with van der Waals surface area (Å²) in [5.74, 6) is -0.193. The minimum absolute atomic E-state index is 0.0516. The van der Waals surface area contributed by atoms with Crippen molar-refractivity contribution in [2.45, 2.75) is 64.6 Å². The molecule has 3 N–H and O–H groups in total. The predicted molar refractivity (Wildman–Crippen MR) is 133 cm³/mol. The predicted octanol–water partition coefficient (Wildman–Crippen LogP) is 3.14. The molecule has 36 heavy (non-hydrogen) atoms. The maximum atomic E-state index is 13.3.